The number of nitrogens with zero attached hydrogens (tertiary/aromatic N) is 2. The summed E-state index contributed by atoms with van der Waals surface area (Å²) in [6.45, 7) is 11.1. The van der Waals surface area contributed by atoms with E-state index in [-0.39, 0.29) is 0 Å². The van der Waals surface area contributed by atoms with E-state index in [0.29, 0.717) is 13.2 Å². The van der Waals surface area contributed by atoms with Crippen molar-refractivity contribution in [2.24, 2.45) is 4.99 Å². The summed E-state index contributed by atoms with van der Waals surface area (Å²) in [6, 6.07) is 8.60. The summed E-state index contributed by atoms with van der Waals surface area (Å²) in [6.07, 6.45) is 0.933. The van der Waals surface area contributed by atoms with Crippen molar-refractivity contribution in [3.8, 4) is 0 Å². The number of hydrogen-bond acceptors (Lipinski definition) is 4. The summed E-state index contributed by atoms with van der Waals surface area (Å²) >= 11 is 0. The van der Waals surface area contributed by atoms with Crippen molar-refractivity contribution in [2.75, 3.05) is 53.6 Å². The van der Waals surface area contributed by atoms with Crippen LogP contribution in [0.15, 0.2) is 29.3 Å². The van der Waals surface area contributed by atoms with Gasteiger partial charge in [-0.25, -0.2) is 0 Å². The van der Waals surface area contributed by atoms with Crippen LogP contribution in [-0.2, 0) is 22.6 Å². The van der Waals surface area contributed by atoms with Crippen LogP contribution in [0, 0.1) is 0 Å². The van der Waals surface area contributed by atoms with Crippen molar-refractivity contribution in [3.05, 3.63) is 35.4 Å². The molecular formula is C20H36N4O2. The number of guanidine groups is 1. The number of methoxy groups -OCH3 is 1. The molecule has 2 N–H and O–H groups in total. The van der Waals surface area contributed by atoms with E-state index in [2.05, 4.69) is 58.6 Å². The van der Waals surface area contributed by atoms with Gasteiger partial charge in [-0.05, 0) is 30.6 Å². The SMILES string of the molecule is CCN(CC)Cc1ccccc1CNC(=NC)NCCCOCCOC. The standard InChI is InChI=1S/C20H36N4O2/c1-5-24(6-2)17-19-11-8-7-10-18(19)16-23-20(21-3)22-12-9-13-26-15-14-25-4/h7-8,10-11H,5-6,9,12-17H2,1-4H3,(H2,21,22,23). The molecule has 26 heavy (non-hydrogen) atoms. The average Bonchev–Trinajstić information content (AvgIpc) is 2.68. The van der Waals surface area contributed by atoms with Gasteiger partial charge in [0.1, 0.15) is 0 Å². The number of benzene rings is 1. The smallest absolute Gasteiger partial charge is 0.191 e. The second-order valence-electron chi connectivity index (χ2n) is 6.04. The number of rotatable bonds is 13. The van der Waals surface area contributed by atoms with Crippen LogP contribution >= 0.6 is 0 Å². The maximum absolute atomic E-state index is 5.46. The lowest BCUT2D eigenvalue weighted by molar-refractivity contribution is 0.0698. The Hall–Kier alpha value is -1.63. The molecule has 0 fully saturated rings. The minimum absolute atomic E-state index is 0.642. The summed E-state index contributed by atoms with van der Waals surface area (Å²) < 4.78 is 10.4. The van der Waals surface area contributed by atoms with E-state index >= 15 is 0 Å². The van der Waals surface area contributed by atoms with Gasteiger partial charge in [0.05, 0.1) is 13.2 Å². The van der Waals surface area contributed by atoms with Crippen LogP contribution in [-0.4, -0.2) is 64.5 Å². The van der Waals surface area contributed by atoms with Gasteiger partial charge in [-0.15, -0.1) is 0 Å². The Morgan fingerprint density at radius 3 is 2.42 bits per heavy atom. The van der Waals surface area contributed by atoms with E-state index in [0.717, 1.165) is 51.7 Å². The molecule has 0 aliphatic carbocycles. The molecule has 0 saturated carbocycles. The molecule has 148 valence electrons. The van der Waals surface area contributed by atoms with E-state index in [4.69, 9.17) is 9.47 Å². The van der Waals surface area contributed by atoms with Crippen molar-refractivity contribution in [3.63, 3.8) is 0 Å². The highest BCUT2D eigenvalue weighted by molar-refractivity contribution is 5.79. The van der Waals surface area contributed by atoms with Crippen LogP contribution in [0.4, 0.5) is 0 Å². The van der Waals surface area contributed by atoms with E-state index < -0.39 is 0 Å². The maximum Gasteiger partial charge on any atom is 0.191 e. The molecule has 1 aromatic carbocycles. The van der Waals surface area contributed by atoms with Gasteiger partial charge >= 0.3 is 0 Å². The Bertz CT molecular complexity index is 504. The van der Waals surface area contributed by atoms with Gasteiger partial charge in [-0.2, -0.15) is 0 Å². The fourth-order valence-electron chi connectivity index (χ4n) is 2.60. The summed E-state index contributed by atoms with van der Waals surface area (Å²) in [4.78, 5) is 6.72. The Morgan fingerprint density at radius 1 is 1.04 bits per heavy atom. The van der Waals surface area contributed by atoms with E-state index in [1.807, 2.05) is 0 Å². The van der Waals surface area contributed by atoms with Crippen LogP contribution in [0.25, 0.3) is 0 Å². The predicted octanol–water partition coefficient (Wildman–Crippen LogP) is 2.25. The lowest BCUT2D eigenvalue weighted by Crippen LogP contribution is -2.38. The highest BCUT2D eigenvalue weighted by Gasteiger charge is 2.07. The van der Waals surface area contributed by atoms with Crippen molar-refractivity contribution >= 4 is 5.96 Å². The molecule has 6 nitrogen and oxygen atoms in total. The van der Waals surface area contributed by atoms with Crippen LogP contribution in [0.1, 0.15) is 31.4 Å². The maximum atomic E-state index is 5.46. The van der Waals surface area contributed by atoms with Crippen molar-refractivity contribution < 1.29 is 9.47 Å². The number of hydrogen-bond donors (Lipinski definition) is 2. The highest BCUT2D eigenvalue weighted by atomic mass is 16.5. The van der Waals surface area contributed by atoms with Gasteiger partial charge < -0.3 is 20.1 Å². The average molecular weight is 365 g/mol. The van der Waals surface area contributed by atoms with Crippen LogP contribution < -0.4 is 10.6 Å². The highest BCUT2D eigenvalue weighted by Crippen LogP contribution is 2.11. The van der Waals surface area contributed by atoms with Crippen LogP contribution in [0.2, 0.25) is 0 Å². The first-order chi connectivity index (χ1) is 12.7. The first-order valence-electron chi connectivity index (χ1n) is 9.55. The summed E-state index contributed by atoms with van der Waals surface area (Å²) in [5.74, 6) is 0.819. The third-order valence-corrected chi connectivity index (χ3v) is 4.27. The van der Waals surface area contributed by atoms with Crippen LogP contribution in [0.5, 0.6) is 0 Å². The zero-order chi connectivity index (χ0) is 19.0. The Morgan fingerprint density at radius 2 is 1.77 bits per heavy atom. The minimum atomic E-state index is 0.642. The number of ether oxygens (including phenoxy) is 2. The lowest BCUT2D eigenvalue weighted by atomic mass is 10.1. The third kappa shape index (κ3) is 9.17. The van der Waals surface area contributed by atoms with Crippen LogP contribution in [0.3, 0.4) is 0 Å². The van der Waals surface area contributed by atoms with E-state index in [9.17, 15) is 0 Å². The van der Waals surface area contributed by atoms with Gasteiger partial charge in [0.25, 0.3) is 0 Å². The monoisotopic (exact) mass is 364 g/mol. The summed E-state index contributed by atoms with van der Waals surface area (Å²) in [5.41, 5.74) is 2.68. The zero-order valence-corrected chi connectivity index (χ0v) is 16.9. The predicted molar refractivity (Wildman–Crippen MR) is 109 cm³/mol. The van der Waals surface area contributed by atoms with Gasteiger partial charge in [-0.3, -0.25) is 9.89 Å². The second kappa shape index (κ2) is 14.5. The van der Waals surface area contributed by atoms with E-state index in [1.165, 1.54) is 11.1 Å². The number of aliphatic imine (C=N–C) groups is 1. The molecule has 0 spiro atoms. The van der Waals surface area contributed by atoms with Gasteiger partial charge in [0.15, 0.2) is 5.96 Å². The Kier molecular flexibility index (Phi) is 12.5. The molecule has 0 aliphatic heterocycles. The fourth-order valence-corrected chi connectivity index (χ4v) is 2.60. The summed E-state index contributed by atoms with van der Waals surface area (Å²) in [7, 11) is 3.48. The zero-order valence-electron chi connectivity index (χ0n) is 16.9. The van der Waals surface area contributed by atoms with Gasteiger partial charge in [0, 0.05) is 40.4 Å². The van der Waals surface area contributed by atoms with Gasteiger partial charge in [-0.1, -0.05) is 38.1 Å². The molecule has 0 amide bonds. The second-order valence-corrected chi connectivity index (χ2v) is 6.04. The third-order valence-electron chi connectivity index (χ3n) is 4.27. The Balaban J connectivity index is 2.39. The molecule has 1 rings (SSSR count). The fraction of sp³-hybridized carbons (Fsp3) is 0.650. The molecule has 0 bridgehead atoms. The van der Waals surface area contributed by atoms with Gasteiger partial charge in [0.2, 0.25) is 0 Å². The molecular weight excluding hydrogens is 328 g/mol. The number of nitrogens with one attached hydrogen (secondary N) is 2. The van der Waals surface area contributed by atoms with Crippen molar-refractivity contribution in [1.82, 2.24) is 15.5 Å². The largest absolute Gasteiger partial charge is 0.382 e. The lowest BCUT2D eigenvalue weighted by Gasteiger charge is -2.20. The topological polar surface area (TPSA) is 58.1 Å². The molecule has 0 heterocycles. The van der Waals surface area contributed by atoms with E-state index in [1.54, 1.807) is 14.2 Å². The first kappa shape index (κ1) is 22.4. The molecule has 6 heteroatoms. The van der Waals surface area contributed by atoms with Crippen molar-refractivity contribution in [2.45, 2.75) is 33.4 Å². The molecule has 0 aromatic heterocycles. The molecule has 0 saturated heterocycles. The normalized spacial score (nSPS) is 11.8. The quantitative estimate of drug-likeness (QED) is 0.319. The Labute approximate surface area is 159 Å². The molecule has 0 aliphatic rings. The minimum Gasteiger partial charge on any atom is -0.382 e. The summed E-state index contributed by atoms with van der Waals surface area (Å²) in [5, 5.41) is 6.74. The molecule has 0 radical (unpaired) electrons. The molecule has 1 aromatic rings. The molecule has 0 atom stereocenters. The van der Waals surface area contributed by atoms with Crippen molar-refractivity contribution in [1.29, 1.82) is 0 Å². The molecule has 0 unspecified atom stereocenters. The first-order valence-corrected chi connectivity index (χ1v) is 9.55.